The van der Waals surface area contributed by atoms with Crippen molar-refractivity contribution < 1.29 is 4.74 Å². The summed E-state index contributed by atoms with van der Waals surface area (Å²) in [5, 5.41) is 3.89. The van der Waals surface area contributed by atoms with Crippen LogP contribution in [0, 0.1) is 5.92 Å². The molecule has 1 atom stereocenters. The number of para-hydroxylation sites is 1. The van der Waals surface area contributed by atoms with E-state index in [0.717, 1.165) is 41.3 Å². The van der Waals surface area contributed by atoms with Gasteiger partial charge in [0.1, 0.15) is 22.7 Å². The highest BCUT2D eigenvalue weighted by molar-refractivity contribution is 7.16. The first kappa shape index (κ1) is 15.7. The van der Waals surface area contributed by atoms with Gasteiger partial charge < -0.3 is 9.64 Å². The maximum Gasteiger partial charge on any atom is 0.140 e. The van der Waals surface area contributed by atoms with Gasteiger partial charge in [-0.3, -0.25) is 0 Å². The highest BCUT2D eigenvalue weighted by Crippen LogP contribution is 2.30. The number of nitrogens with zero attached hydrogens (tertiary/aromatic N) is 3. The molecule has 0 aliphatic carbocycles. The smallest absolute Gasteiger partial charge is 0.140 e. The van der Waals surface area contributed by atoms with Crippen molar-refractivity contribution in [2.75, 3.05) is 24.6 Å². The third kappa shape index (κ3) is 3.19. The molecule has 1 unspecified atom stereocenters. The van der Waals surface area contributed by atoms with Gasteiger partial charge in [-0.25, -0.2) is 9.97 Å². The molecule has 24 heavy (non-hydrogen) atoms. The number of aromatic nitrogens is 2. The lowest BCUT2D eigenvalue weighted by atomic mass is 9.99. The molecule has 1 aromatic carbocycles. The fraction of sp³-hybridized carbons (Fsp3) is 0.333. The molecule has 0 radical (unpaired) electrons. The van der Waals surface area contributed by atoms with E-state index in [1.165, 1.54) is 6.42 Å². The third-order valence-electron chi connectivity index (χ3n) is 4.37. The quantitative estimate of drug-likeness (QED) is 0.680. The maximum atomic E-state index is 6.17. The molecular weight excluding hydrogens is 342 g/mol. The lowest BCUT2D eigenvalue weighted by Crippen LogP contribution is -2.38. The van der Waals surface area contributed by atoms with Crippen molar-refractivity contribution in [3.63, 3.8) is 0 Å². The minimum atomic E-state index is 0.471. The Bertz CT molecular complexity index is 838. The summed E-state index contributed by atoms with van der Waals surface area (Å²) in [5.41, 5.74) is 0. The zero-order valence-electron chi connectivity index (χ0n) is 13.2. The maximum absolute atomic E-state index is 6.17. The van der Waals surface area contributed by atoms with Crippen LogP contribution in [0.2, 0.25) is 5.02 Å². The summed E-state index contributed by atoms with van der Waals surface area (Å²) >= 11 is 7.83. The lowest BCUT2D eigenvalue weighted by Gasteiger charge is -2.33. The minimum absolute atomic E-state index is 0.471. The normalized spacial score (nSPS) is 18.0. The molecule has 4 nitrogen and oxygen atoms in total. The summed E-state index contributed by atoms with van der Waals surface area (Å²) in [6.45, 7) is 2.66. The Labute approximate surface area is 150 Å². The van der Waals surface area contributed by atoms with E-state index in [1.807, 2.05) is 24.3 Å². The van der Waals surface area contributed by atoms with Crippen molar-refractivity contribution in [2.24, 2.45) is 5.92 Å². The number of rotatable bonds is 4. The largest absolute Gasteiger partial charge is 0.492 e. The zero-order chi connectivity index (χ0) is 16.4. The van der Waals surface area contributed by atoms with E-state index in [0.29, 0.717) is 17.5 Å². The average Bonchev–Trinajstić information content (AvgIpc) is 3.10. The van der Waals surface area contributed by atoms with Gasteiger partial charge >= 0.3 is 0 Å². The van der Waals surface area contributed by atoms with Gasteiger partial charge in [0.25, 0.3) is 0 Å². The van der Waals surface area contributed by atoms with E-state index in [9.17, 15) is 0 Å². The Morgan fingerprint density at radius 1 is 1.25 bits per heavy atom. The summed E-state index contributed by atoms with van der Waals surface area (Å²) in [7, 11) is 0. The van der Waals surface area contributed by atoms with Gasteiger partial charge in [-0.15, -0.1) is 11.3 Å². The van der Waals surface area contributed by atoms with Gasteiger partial charge in [0.15, 0.2) is 0 Å². The van der Waals surface area contributed by atoms with Crippen molar-refractivity contribution >= 4 is 39.0 Å². The SMILES string of the molecule is Clc1ccccc1OCC1CCCN(c2ncnc3sccc23)C1. The summed E-state index contributed by atoms with van der Waals surface area (Å²) in [6, 6.07) is 9.75. The van der Waals surface area contributed by atoms with Crippen LogP contribution in [-0.2, 0) is 0 Å². The molecule has 124 valence electrons. The molecule has 1 aliphatic heterocycles. The predicted molar refractivity (Wildman–Crippen MR) is 99.3 cm³/mol. The second-order valence-corrected chi connectivity index (χ2v) is 7.33. The summed E-state index contributed by atoms with van der Waals surface area (Å²) in [6.07, 6.45) is 3.98. The Balaban J connectivity index is 1.46. The van der Waals surface area contributed by atoms with Crippen molar-refractivity contribution in [2.45, 2.75) is 12.8 Å². The second kappa shape index (κ2) is 6.95. The molecule has 4 rings (SSSR count). The van der Waals surface area contributed by atoms with E-state index in [4.69, 9.17) is 16.3 Å². The Morgan fingerprint density at radius 3 is 3.08 bits per heavy atom. The molecule has 0 amide bonds. The van der Waals surface area contributed by atoms with E-state index >= 15 is 0 Å². The molecule has 0 saturated carbocycles. The zero-order valence-corrected chi connectivity index (χ0v) is 14.8. The lowest BCUT2D eigenvalue weighted by molar-refractivity contribution is 0.229. The van der Waals surface area contributed by atoms with Crippen LogP contribution < -0.4 is 9.64 Å². The van der Waals surface area contributed by atoms with Gasteiger partial charge in [-0.05, 0) is 36.4 Å². The Hall–Kier alpha value is -1.85. The van der Waals surface area contributed by atoms with Crippen LogP contribution in [0.5, 0.6) is 5.75 Å². The number of ether oxygens (including phenoxy) is 1. The Kier molecular flexibility index (Phi) is 4.54. The predicted octanol–water partition coefficient (Wildman–Crippen LogP) is 4.64. The molecule has 0 spiro atoms. The molecule has 0 bridgehead atoms. The molecule has 1 saturated heterocycles. The van der Waals surface area contributed by atoms with Crippen LogP contribution in [0.4, 0.5) is 5.82 Å². The van der Waals surface area contributed by atoms with Crippen LogP contribution in [-0.4, -0.2) is 29.7 Å². The van der Waals surface area contributed by atoms with Gasteiger partial charge in [-0.2, -0.15) is 0 Å². The number of piperidine rings is 1. The van der Waals surface area contributed by atoms with Gasteiger partial charge in [0, 0.05) is 19.0 Å². The fourth-order valence-corrected chi connectivity index (χ4v) is 4.11. The van der Waals surface area contributed by atoms with E-state index < -0.39 is 0 Å². The fourth-order valence-electron chi connectivity index (χ4n) is 3.19. The minimum Gasteiger partial charge on any atom is -0.492 e. The van der Waals surface area contributed by atoms with Crippen molar-refractivity contribution in [1.29, 1.82) is 0 Å². The highest BCUT2D eigenvalue weighted by Gasteiger charge is 2.23. The summed E-state index contributed by atoms with van der Waals surface area (Å²) in [5.74, 6) is 2.28. The molecule has 1 fully saturated rings. The first-order valence-corrected chi connectivity index (χ1v) is 9.37. The van der Waals surface area contributed by atoms with E-state index in [2.05, 4.69) is 26.3 Å². The number of hydrogen-bond donors (Lipinski definition) is 0. The molecule has 0 N–H and O–H groups in total. The van der Waals surface area contributed by atoms with Crippen molar-refractivity contribution in [1.82, 2.24) is 9.97 Å². The molecular formula is C18H18ClN3OS. The molecule has 1 aliphatic rings. The number of anilines is 1. The summed E-state index contributed by atoms with van der Waals surface area (Å²) in [4.78, 5) is 12.3. The third-order valence-corrected chi connectivity index (χ3v) is 5.50. The molecule has 6 heteroatoms. The van der Waals surface area contributed by atoms with Gasteiger partial charge in [0.2, 0.25) is 0 Å². The van der Waals surface area contributed by atoms with Crippen LogP contribution in [0.25, 0.3) is 10.2 Å². The number of halogens is 1. The van der Waals surface area contributed by atoms with Crippen molar-refractivity contribution in [3.05, 3.63) is 47.1 Å². The number of thiophene rings is 1. The first-order valence-electron chi connectivity index (χ1n) is 8.12. The topological polar surface area (TPSA) is 38.2 Å². The van der Waals surface area contributed by atoms with Gasteiger partial charge in [-0.1, -0.05) is 23.7 Å². The van der Waals surface area contributed by atoms with Crippen LogP contribution in [0.3, 0.4) is 0 Å². The van der Waals surface area contributed by atoms with E-state index in [1.54, 1.807) is 17.7 Å². The van der Waals surface area contributed by atoms with E-state index in [-0.39, 0.29) is 0 Å². The van der Waals surface area contributed by atoms with Crippen LogP contribution in [0.1, 0.15) is 12.8 Å². The Morgan fingerprint density at radius 2 is 2.17 bits per heavy atom. The van der Waals surface area contributed by atoms with Crippen LogP contribution in [0.15, 0.2) is 42.0 Å². The molecule has 3 heterocycles. The number of hydrogen-bond acceptors (Lipinski definition) is 5. The average molecular weight is 360 g/mol. The standard InChI is InChI=1S/C18H18ClN3OS/c19-15-5-1-2-6-16(15)23-11-13-4-3-8-22(10-13)17-14-7-9-24-18(14)21-12-20-17/h1-2,5-7,9,12-13H,3-4,8,10-11H2. The first-order chi connectivity index (χ1) is 11.8. The molecule has 3 aromatic rings. The van der Waals surface area contributed by atoms with Crippen molar-refractivity contribution in [3.8, 4) is 5.75 Å². The summed E-state index contributed by atoms with van der Waals surface area (Å²) < 4.78 is 5.94. The highest BCUT2D eigenvalue weighted by atomic mass is 35.5. The number of benzene rings is 1. The molecule has 2 aromatic heterocycles. The van der Waals surface area contributed by atoms with Crippen LogP contribution >= 0.6 is 22.9 Å². The second-order valence-electron chi connectivity index (χ2n) is 6.03. The van der Waals surface area contributed by atoms with Gasteiger partial charge in [0.05, 0.1) is 17.0 Å². The monoisotopic (exact) mass is 359 g/mol. The number of fused-ring (bicyclic) bond motifs is 1.